The Morgan fingerprint density at radius 1 is 1.05 bits per heavy atom. The van der Waals surface area contributed by atoms with Crippen molar-refractivity contribution in [3.8, 4) is 17.6 Å². The number of rotatable bonds is 10. The Hall–Kier alpha value is -1.54. The quantitative estimate of drug-likeness (QED) is 0.531. The van der Waals surface area contributed by atoms with Gasteiger partial charge in [0.25, 0.3) is 0 Å². The molecule has 0 atom stereocenters. The Kier molecular flexibility index (Phi) is 10.2. The molecule has 0 saturated heterocycles. The van der Waals surface area contributed by atoms with Crippen molar-refractivity contribution < 1.29 is 19.3 Å². The Morgan fingerprint density at radius 3 is 2.57 bits per heavy atom. The van der Waals surface area contributed by atoms with Gasteiger partial charge in [0.15, 0.2) is 0 Å². The van der Waals surface area contributed by atoms with Gasteiger partial charge in [-0.15, -0.1) is 0 Å². The van der Waals surface area contributed by atoms with Crippen LogP contribution < -0.4 is 4.74 Å². The molecule has 0 aliphatic heterocycles. The van der Waals surface area contributed by atoms with Crippen LogP contribution in [0.2, 0.25) is 0 Å². The van der Waals surface area contributed by atoms with Crippen LogP contribution in [0.1, 0.15) is 25.3 Å². The molecular formula is C17H24O4. The number of hydrogen-bond donors (Lipinski definition) is 1. The zero-order valence-electron chi connectivity index (χ0n) is 12.6. The van der Waals surface area contributed by atoms with Crippen LogP contribution in [0.15, 0.2) is 24.3 Å². The van der Waals surface area contributed by atoms with Gasteiger partial charge in [-0.2, -0.15) is 0 Å². The van der Waals surface area contributed by atoms with Crippen LogP contribution in [-0.2, 0) is 9.47 Å². The van der Waals surface area contributed by atoms with Crippen molar-refractivity contribution in [2.75, 3.05) is 39.6 Å². The smallest absolute Gasteiger partial charge is 0.120 e. The second kappa shape index (κ2) is 12.2. The van der Waals surface area contributed by atoms with Crippen molar-refractivity contribution in [3.63, 3.8) is 0 Å². The van der Waals surface area contributed by atoms with Crippen molar-refractivity contribution in [1.29, 1.82) is 0 Å². The molecule has 116 valence electrons. The van der Waals surface area contributed by atoms with Crippen LogP contribution in [0.5, 0.6) is 5.75 Å². The highest BCUT2D eigenvalue weighted by Crippen LogP contribution is 2.12. The zero-order chi connectivity index (χ0) is 15.2. The summed E-state index contributed by atoms with van der Waals surface area (Å²) in [6, 6.07) is 7.47. The number of unbranched alkanes of at least 4 members (excludes halogenated alkanes) is 1. The number of aliphatic hydroxyl groups is 1. The number of benzene rings is 1. The Bertz CT molecular complexity index is 434. The maximum Gasteiger partial charge on any atom is 0.120 e. The minimum atomic E-state index is -0.140. The molecule has 0 unspecified atom stereocenters. The van der Waals surface area contributed by atoms with Gasteiger partial charge in [0, 0.05) is 12.2 Å². The number of hydrogen-bond acceptors (Lipinski definition) is 4. The van der Waals surface area contributed by atoms with E-state index in [1.54, 1.807) is 0 Å². The lowest BCUT2D eigenvalue weighted by molar-refractivity contribution is 0.0356. The van der Waals surface area contributed by atoms with Gasteiger partial charge in [0.05, 0.1) is 19.8 Å². The average Bonchev–Trinajstić information content (AvgIpc) is 2.52. The molecule has 0 heterocycles. The lowest BCUT2D eigenvalue weighted by atomic mass is 10.2. The van der Waals surface area contributed by atoms with Gasteiger partial charge in [-0.05, 0) is 24.6 Å². The van der Waals surface area contributed by atoms with Crippen molar-refractivity contribution in [2.24, 2.45) is 0 Å². The lowest BCUT2D eigenvalue weighted by Crippen LogP contribution is -2.11. The number of aliphatic hydroxyl groups excluding tert-OH is 1. The van der Waals surface area contributed by atoms with Gasteiger partial charge in [-0.25, -0.2) is 0 Å². The van der Waals surface area contributed by atoms with E-state index in [1.165, 1.54) is 0 Å². The highest BCUT2D eigenvalue weighted by molar-refractivity contribution is 5.39. The summed E-state index contributed by atoms with van der Waals surface area (Å²) >= 11 is 0. The van der Waals surface area contributed by atoms with Crippen molar-refractivity contribution >= 4 is 0 Å². The van der Waals surface area contributed by atoms with E-state index in [9.17, 15) is 0 Å². The van der Waals surface area contributed by atoms with Crippen LogP contribution in [-0.4, -0.2) is 44.7 Å². The van der Waals surface area contributed by atoms with E-state index in [0.29, 0.717) is 26.4 Å². The molecule has 1 N–H and O–H groups in total. The highest BCUT2D eigenvalue weighted by Gasteiger charge is 1.95. The standard InChI is InChI=1S/C17H24O4/c1-2-3-10-19-11-12-20-13-14-21-17-8-4-6-16(15-17)7-5-9-18/h4,6,8,15,18H,2-3,9-14H2,1H3. The predicted molar refractivity (Wildman–Crippen MR) is 82.4 cm³/mol. The van der Waals surface area contributed by atoms with E-state index >= 15 is 0 Å². The lowest BCUT2D eigenvalue weighted by Gasteiger charge is -2.08. The van der Waals surface area contributed by atoms with Crippen molar-refractivity contribution in [2.45, 2.75) is 19.8 Å². The topological polar surface area (TPSA) is 47.9 Å². The summed E-state index contributed by atoms with van der Waals surface area (Å²) in [6.07, 6.45) is 2.25. The molecule has 0 aliphatic rings. The molecule has 0 saturated carbocycles. The van der Waals surface area contributed by atoms with Crippen LogP contribution in [0.25, 0.3) is 0 Å². The summed E-state index contributed by atoms with van der Waals surface area (Å²) in [5.41, 5.74) is 0.826. The van der Waals surface area contributed by atoms with Gasteiger partial charge >= 0.3 is 0 Å². The third kappa shape index (κ3) is 9.09. The monoisotopic (exact) mass is 292 g/mol. The van der Waals surface area contributed by atoms with E-state index in [4.69, 9.17) is 19.3 Å². The maximum absolute atomic E-state index is 8.66. The van der Waals surface area contributed by atoms with Crippen molar-refractivity contribution in [3.05, 3.63) is 29.8 Å². The van der Waals surface area contributed by atoms with E-state index in [0.717, 1.165) is 30.8 Å². The Balaban J connectivity index is 2.10. The largest absolute Gasteiger partial charge is 0.491 e. The molecule has 4 heteroatoms. The van der Waals surface area contributed by atoms with Gasteiger partial charge in [-0.1, -0.05) is 31.3 Å². The summed E-state index contributed by atoms with van der Waals surface area (Å²) < 4.78 is 16.4. The van der Waals surface area contributed by atoms with Gasteiger partial charge < -0.3 is 19.3 Å². The second-order valence-corrected chi connectivity index (χ2v) is 4.41. The molecule has 4 nitrogen and oxygen atoms in total. The van der Waals surface area contributed by atoms with Gasteiger partial charge in [0.2, 0.25) is 0 Å². The first kappa shape index (κ1) is 17.5. The normalized spacial score (nSPS) is 10.0. The van der Waals surface area contributed by atoms with Crippen LogP contribution >= 0.6 is 0 Å². The molecule has 0 fully saturated rings. The molecule has 0 spiro atoms. The summed E-state index contributed by atoms with van der Waals surface area (Å²) in [5, 5.41) is 8.66. The summed E-state index contributed by atoms with van der Waals surface area (Å²) in [7, 11) is 0. The SMILES string of the molecule is CCCCOCCOCCOc1cccc(C#CCO)c1. The molecule has 21 heavy (non-hydrogen) atoms. The maximum atomic E-state index is 8.66. The molecule has 1 rings (SSSR count). The molecule has 0 aliphatic carbocycles. The molecular weight excluding hydrogens is 268 g/mol. The second-order valence-electron chi connectivity index (χ2n) is 4.41. The van der Waals surface area contributed by atoms with Crippen LogP contribution in [0.4, 0.5) is 0 Å². The van der Waals surface area contributed by atoms with E-state index in [-0.39, 0.29) is 6.61 Å². The first-order chi connectivity index (χ1) is 10.4. The molecule has 0 amide bonds. The van der Waals surface area contributed by atoms with Crippen LogP contribution in [0.3, 0.4) is 0 Å². The first-order valence-corrected chi connectivity index (χ1v) is 7.35. The fourth-order valence-corrected chi connectivity index (χ4v) is 1.59. The van der Waals surface area contributed by atoms with E-state index < -0.39 is 0 Å². The fourth-order valence-electron chi connectivity index (χ4n) is 1.59. The van der Waals surface area contributed by atoms with E-state index in [1.807, 2.05) is 24.3 Å². The highest BCUT2D eigenvalue weighted by atomic mass is 16.5. The average molecular weight is 292 g/mol. The number of ether oxygens (including phenoxy) is 3. The van der Waals surface area contributed by atoms with Gasteiger partial charge in [-0.3, -0.25) is 0 Å². The fraction of sp³-hybridized carbons (Fsp3) is 0.529. The molecule has 0 aromatic heterocycles. The van der Waals surface area contributed by atoms with Gasteiger partial charge in [0.1, 0.15) is 19.0 Å². The van der Waals surface area contributed by atoms with Crippen LogP contribution in [0, 0.1) is 11.8 Å². The minimum Gasteiger partial charge on any atom is -0.491 e. The molecule has 0 bridgehead atoms. The summed E-state index contributed by atoms with van der Waals surface area (Å²) in [4.78, 5) is 0. The molecule has 0 radical (unpaired) electrons. The van der Waals surface area contributed by atoms with Crippen molar-refractivity contribution in [1.82, 2.24) is 0 Å². The van der Waals surface area contributed by atoms with E-state index in [2.05, 4.69) is 18.8 Å². The third-order valence-corrected chi connectivity index (χ3v) is 2.66. The molecule has 1 aromatic rings. The predicted octanol–water partition coefficient (Wildman–Crippen LogP) is 2.24. The zero-order valence-corrected chi connectivity index (χ0v) is 12.6. The third-order valence-electron chi connectivity index (χ3n) is 2.66. The summed E-state index contributed by atoms with van der Waals surface area (Å²) in [5.74, 6) is 6.20. The Labute approximate surface area is 127 Å². The summed E-state index contributed by atoms with van der Waals surface area (Å²) in [6.45, 7) is 5.05. The minimum absolute atomic E-state index is 0.140. The molecule has 1 aromatic carbocycles. The first-order valence-electron chi connectivity index (χ1n) is 7.35. The Morgan fingerprint density at radius 2 is 1.81 bits per heavy atom.